The fourth-order valence-corrected chi connectivity index (χ4v) is 2.80. The first-order chi connectivity index (χ1) is 12.3. The van der Waals surface area contributed by atoms with Gasteiger partial charge in [0, 0.05) is 24.7 Å². The molecule has 0 bridgehead atoms. The molecule has 3 rings (SSSR count). The van der Waals surface area contributed by atoms with E-state index in [4.69, 9.17) is 9.47 Å². The molecule has 2 aromatic carbocycles. The van der Waals surface area contributed by atoms with Crippen LogP contribution in [0, 0.1) is 0 Å². The Morgan fingerprint density at radius 2 is 1.84 bits per heavy atom. The van der Waals surface area contributed by atoms with E-state index in [-0.39, 0.29) is 5.91 Å². The van der Waals surface area contributed by atoms with E-state index in [1.807, 2.05) is 48.5 Å². The standard InChI is InChI=1S/C20H22N2O3/c1-24-19-9-5-2-6-16(19)10-11-20(23)21-17-7-3-4-8-18(17)22-12-14-25-15-13-22/h2-11H,12-15H2,1H3,(H,21,23). The largest absolute Gasteiger partial charge is 0.496 e. The molecule has 1 aliphatic heterocycles. The molecule has 0 atom stereocenters. The second kappa shape index (κ2) is 8.35. The van der Waals surface area contributed by atoms with Gasteiger partial charge in [0.25, 0.3) is 0 Å². The topological polar surface area (TPSA) is 50.8 Å². The number of benzene rings is 2. The highest BCUT2D eigenvalue weighted by Crippen LogP contribution is 2.26. The van der Waals surface area contributed by atoms with Crippen molar-refractivity contribution in [3.05, 3.63) is 60.2 Å². The minimum absolute atomic E-state index is 0.174. The number of nitrogens with zero attached hydrogens (tertiary/aromatic N) is 1. The molecular weight excluding hydrogens is 316 g/mol. The van der Waals surface area contributed by atoms with Crippen LogP contribution in [0.5, 0.6) is 5.75 Å². The second-order valence-electron chi connectivity index (χ2n) is 5.68. The van der Waals surface area contributed by atoms with Gasteiger partial charge in [-0.1, -0.05) is 30.3 Å². The molecule has 0 unspecified atom stereocenters. The predicted molar refractivity (Wildman–Crippen MR) is 100 cm³/mol. The third-order valence-corrected chi connectivity index (χ3v) is 4.07. The molecule has 1 fully saturated rings. The van der Waals surface area contributed by atoms with Crippen LogP contribution in [0.1, 0.15) is 5.56 Å². The number of morpholine rings is 1. The molecule has 1 N–H and O–H groups in total. The van der Waals surface area contributed by atoms with Gasteiger partial charge in [-0.05, 0) is 24.3 Å². The van der Waals surface area contributed by atoms with Gasteiger partial charge in [-0.25, -0.2) is 0 Å². The Morgan fingerprint density at radius 1 is 1.12 bits per heavy atom. The van der Waals surface area contributed by atoms with Gasteiger partial charge in [0.15, 0.2) is 0 Å². The Balaban J connectivity index is 1.72. The maximum absolute atomic E-state index is 12.3. The van der Waals surface area contributed by atoms with E-state index in [1.54, 1.807) is 13.2 Å². The lowest BCUT2D eigenvalue weighted by atomic mass is 10.2. The number of anilines is 2. The van der Waals surface area contributed by atoms with Crippen LogP contribution in [0.4, 0.5) is 11.4 Å². The first kappa shape index (κ1) is 17.0. The first-order valence-corrected chi connectivity index (χ1v) is 8.32. The van der Waals surface area contributed by atoms with Crippen molar-refractivity contribution in [2.45, 2.75) is 0 Å². The van der Waals surface area contributed by atoms with E-state index in [0.29, 0.717) is 13.2 Å². The average molecular weight is 338 g/mol. The average Bonchev–Trinajstić information content (AvgIpc) is 2.67. The maximum Gasteiger partial charge on any atom is 0.248 e. The van der Waals surface area contributed by atoms with Crippen LogP contribution >= 0.6 is 0 Å². The zero-order valence-electron chi connectivity index (χ0n) is 14.3. The monoisotopic (exact) mass is 338 g/mol. The predicted octanol–water partition coefficient (Wildman–Crippen LogP) is 3.18. The van der Waals surface area contributed by atoms with Gasteiger partial charge in [0.2, 0.25) is 5.91 Å². The smallest absolute Gasteiger partial charge is 0.248 e. The lowest BCUT2D eigenvalue weighted by molar-refractivity contribution is -0.111. The molecule has 25 heavy (non-hydrogen) atoms. The van der Waals surface area contributed by atoms with Crippen LogP contribution in [0.2, 0.25) is 0 Å². The normalized spacial score (nSPS) is 14.5. The van der Waals surface area contributed by atoms with Gasteiger partial charge in [0.1, 0.15) is 5.75 Å². The second-order valence-corrected chi connectivity index (χ2v) is 5.68. The summed E-state index contributed by atoms with van der Waals surface area (Å²) in [5, 5.41) is 2.97. The number of nitrogens with one attached hydrogen (secondary N) is 1. The molecule has 1 aliphatic rings. The summed E-state index contributed by atoms with van der Waals surface area (Å²) >= 11 is 0. The lowest BCUT2D eigenvalue weighted by Crippen LogP contribution is -2.36. The summed E-state index contributed by atoms with van der Waals surface area (Å²) in [6.45, 7) is 3.06. The first-order valence-electron chi connectivity index (χ1n) is 8.32. The minimum Gasteiger partial charge on any atom is -0.496 e. The van der Waals surface area contributed by atoms with Gasteiger partial charge < -0.3 is 19.7 Å². The van der Waals surface area contributed by atoms with Crippen molar-refractivity contribution in [3.63, 3.8) is 0 Å². The lowest BCUT2D eigenvalue weighted by Gasteiger charge is -2.30. The number of methoxy groups -OCH3 is 1. The van der Waals surface area contributed by atoms with Crippen molar-refractivity contribution >= 4 is 23.4 Å². The Morgan fingerprint density at radius 3 is 2.64 bits per heavy atom. The van der Waals surface area contributed by atoms with Crippen molar-refractivity contribution in [2.24, 2.45) is 0 Å². The summed E-state index contributed by atoms with van der Waals surface area (Å²) in [6.07, 6.45) is 3.28. The Labute approximate surface area is 147 Å². The van der Waals surface area contributed by atoms with Crippen LogP contribution in [0.15, 0.2) is 54.6 Å². The molecule has 0 radical (unpaired) electrons. The number of carbonyl (C=O) groups excluding carboxylic acids is 1. The molecule has 130 valence electrons. The zero-order valence-corrected chi connectivity index (χ0v) is 14.3. The molecule has 0 saturated carbocycles. The Bertz CT molecular complexity index is 752. The number of para-hydroxylation sites is 3. The Hall–Kier alpha value is -2.79. The van der Waals surface area contributed by atoms with E-state index >= 15 is 0 Å². The number of hydrogen-bond acceptors (Lipinski definition) is 4. The van der Waals surface area contributed by atoms with Gasteiger partial charge >= 0.3 is 0 Å². The molecule has 0 aromatic heterocycles. The van der Waals surface area contributed by atoms with Crippen molar-refractivity contribution in [2.75, 3.05) is 43.6 Å². The van der Waals surface area contributed by atoms with Crippen LogP contribution < -0.4 is 15.0 Å². The maximum atomic E-state index is 12.3. The van der Waals surface area contributed by atoms with Crippen LogP contribution in [0.25, 0.3) is 6.08 Å². The molecule has 5 heteroatoms. The number of carbonyl (C=O) groups is 1. The third kappa shape index (κ3) is 4.39. The van der Waals surface area contributed by atoms with Crippen molar-refractivity contribution < 1.29 is 14.3 Å². The third-order valence-electron chi connectivity index (χ3n) is 4.07. The summed E-state index contributed by atoms with van der Waals surface area (Å²) in [5.74, 6) is 0.562. The van der Waals surface area contributed by atoms with Gasteiger partial charge in [-0.2, -0.15) is 0 Å². The molecule has 5 nitrogen and oxygen atoms in total. The molecule has 0 spiro atoms. The van der Waals surface area contributed by atoms with Gasteiger partial charge in [0.05, 0.1) is 31.7 Å². The van der Waals surface area contributed by atoms with Crippen molar-refractivity contribution in [1.29, 1.82) is 0 Å². The number of rotatable bonds is 5. The number of amides is 1. The molecule has 1 amide bonds. The quantitative estimate of drug-likeness (QED) is 0.851. The summed E-state index contributed by atoms with van der Waals surface area (Å²) in [7, 11) is 1.62. The van der Waals surface area contributed by atoms with Crippen LogP contribution in [-0.4, -0.2) is 39.3 Å². The van der Waals surface area contributed by atoms with Gasteiger partial charge in [-0.3, -0.25) is 4.79 Å². The van der Waals surface area contributed by atoms with Crippen LogP contribution in [-0.2, 0) is 9.53 Å². The number of ether oxygens (including phenoxy) is 2. The van der Waals surface area contributed by atoms with Gasteiger partial charge in [-0.15, -0.1) is 0 Å². The highest BCUT2D eigenvalue weighted by atomic mass is 16.5. The molecule has 0 aliphatic carbocycles. The van der Waals surface area contributed by atoms with Crippen molar-refractivity contribution in [3.8, 4) is 5.75 Å². The summed E-state index contributed by atoms with van der Waals surface area (Å²) in [4.78, 5) is 14.6. The summed E-state index contributed by atoms with van der Waals surface area (Å²) < 4.78 is 10.7. The fraction of sp³-hybridized carbons (Fsp3) is 0.250. The molecular formula is C20H22N2O3. The summed E-state index contributed by atoms with van der Waals surface area (Å²) in [5.41, 5.74) is 2.69. The van der Waals surface area contributed by atoms with E-state index in [1.165, 1.54) is 6.08 Å². The van der Waals surface area contributed by atoms with E-state index in [0.717, 1.165) is 35.8 Å². The molecule has 1 saturated heterocycles. The zero-order chi connectivity index (χ0) is 17.5. The molecule has 2 aromatic rings. The Kier molecular flexibility index (Phi) is 5.69. The fourth-order valence-electron chi connectivity index (χ4n) is 2.80. The van der Waals surface area contributed by atoms with Crippen molar-refractivity contribution in [1.82, 2.24) is 0 Å². The summed E-state index contributed by atoms with van der Waals surface area (Å²) in [6, 6.07) is 15.4. The number of hydrogen-bond donors (Lipinski definition) is 1. The highest BCUT2D eigenvalue weighted by molar-refractivity contribution is 6.04. The minimum atomic E-state index is -0.174. The van der Waals surface area contributed by atoms with Crippen LogP contribution in [0.3, 0.4) is 0 Å². The SMILES string of the molecule is COc1ccccc1C=CC(=O)Nc1ccccc1N1CCOCC1. The highest BCUT2D eigenvalue weighted by Gasteiger charge is 2.15. The van der Waals surface area contributed by atoms with E-state index in [9.17, 15) is 4.79 Å². The van der Waals surface area contributed by atoms with E-state index in [2.05, 4.69) is 10.2 Å². The van der Waals surface area contributed by atoms with E-state index < -0.39 is 0 Å². The molecule has 1 heterocycles.